The van der Waals surface area contributed by atoms with E-state index in [0.717, 1.165) is 5.56 Å². The molecular weight excluding hydrogens is 274 g/mol. The third-order valence-electron chi connectivity index (χ3n) is 3.34. The molecule has 0 heterocycles. The normalized spacial score (nSPS) is 11.0. The second-order valence-corrected chi connectivity index (χ2v) is 4.82. The van der Waals surface area contributed by atoms with Crippen LogP contribution in [0, 0.1) is 0 Å². The molecule has 0 fully saturated rings. The first-order valence-electron chi connectivity index (χ1n) is 6.63. The van der Waals surface area contributed by atoms with Gasteiger partial charge in [0.05, 0.1) is 18.8 Å². The van der Waals surface area contributed by atoms with Crippen LogP contribution in [0.2, 0.25) is 0 Å². The van der Waals surface area contributed by atoms with E-state index in [1.165, 1.54) is 0 Å². The molecule has 0 saturated carbocycles. The monoisotopic (exact) mass is 295 g/mol. The number of aliphatic hydroxyl groups is 2. The molecule has 1 rings (SSSR count). The summed E-state index contributed by atoms with van der Waals surface area (Å²) in [5.74, 6) is -0.380. The van der Waals surface area contributed by atoms with E-state index in [1.54, 1.807) is 31.2 Å². The average Bonchev–Trinajstić information content (AvgIpc) is 2.51. The molecule has 1 aromatic carbocycles. The molecular formula is C14H21N3O4. The Labute approximate surface area is 123 Å². The van der Waals surface area contributed by atoms with Crippen LogP contribution in [-0.4, -0.2) is 40.9 Å². The molecule has 116 valence electrons. The van der Waals surface area contributed by atoms with Gasteiger partial charge in [0.15, 0.2) is 0 Å². The predicted molar refractivity (Wildman–Crippen MR) is 77.5 cm³/mol. The van der Waals surface area contributed by atoms with Crippen LogP contribution in [0.25, 0.3) is 0 Å². The molecule has 7 heteroatoms. The van der Waals surface area contributed by atoms with Crippen molar-refractivity contribution in [2.24, 2.45) is 5.73 Å². The van der Waals surface area contributed by atoms with Gasteiger partial charge < -0.3 is 26.6 Å². The van der Waals surface area contributed by atoms with Crippen molar-refractivity contribution in [3.05, 3.63) is 35.4 Å². The maximum absolute atomic E-state index is 12.1. The third-order valence-corrected chi connectivity index (χ3v) is 3.34. The van der Waals surface area contributed by atoms with Crippen molar-refractivity contribution in [3.8, 4) is 0 Å². The maximum Gasteiger partial charge on any atom is 0.312 e. The first kappa shape index (κ1) is 16.9. The second-order valence-electron chi connectivity index (χ2n) is 4.82. The zero-order valence-electron chi connectivity index (χ0n) is 11.9. The molecule has 0 aliphatic heterocycles. The molecule has 0 aliphatic rings. The lowest BCUT2D eigenvalue weighted by Crippen LogP contribution is -2.53. The Balaban J connectivity index is 2.73. The van der Waals surface area contributed by atoms with Crippen LogP contribution in [0.1, 0.15) is 29.3 Å². The van der Waals surface area contributed by atoms with E-state index in [1.807, 2.05) is 0 Å². The molecule has 0 saturated heterocycles. The van der Waals surface area contributed by atoms with Gasteiger partial charge in [-0.15, -0.1) is 0 Å². The number of urea groups is 1. The van der Waals surface area contributed by atoms with Gasteiger partial charge in [0, 0.05) is 12.1 Å². The first-order valence-corrected chi connectivity index (χ1v) is 6.63. The quantitative estimate of drug-likeness (QED) is 0.474. The fourth-order valence-corrected chi connectivity index (χ4v) is 1.72. The molecule has 0 radical (unpaired) electrons. The number of nitrogens with two attached hydrogens (primary N) is 1. The van der Waals surface area contributed by atoms with E-state index in [4.69, 9.17) is 5.73 Å². The highest BCUT2D eigenvalue weighted by Crippen LogP contribution is 2.11. The number of primary amides is 1. The number of carbonyl (C=O) groups is 2. The third kappa shape index (κ3) is 4.73. The molecule has 21 heavy (non-hydrogen) atoms. The Hall–Kier alpha value is -2.12. The Morgan fingerprint density at radius 3 is 2.19 bits per heavy atom. The Bertz CT molecular complexity index is 475. The van der Waals surface area contributed by atoms with E-state index in [0.29, 0.717) is 12.0 Å². The fraction of sp³-hybridized carbons (Fsp3) is 0.429. The Kier molecular flexibility index (Phi) is 6.13. The molecule has 0 spiro atoms. The Morgan fingerprint density at radius 1 is 1.19 bits per heavy atom. The van der Waals surface area contributed by atoms with Crippen LogP contribution in [0.4, 0.5) is 4.79 Å². The Morgan fingerprint density at radius 2 is 1.76 bits per heavy atom. The van der Waals surface area contributed by atoms with Gasteiger partial charge in [-0.05, 0) is 24.1 Å². The van der Waals surface area contributed by atoms with Crippen LogP contribution in [-0.2, 0) is 6.54 Å². The summed E-state index contributed by atoms with van der Waals surface area (Å²) in [6.45, 7) is 1.37. The van der Waals surface area contributed by atoms with Gasteiger partial charge in [0.2, 0.25) is 0 Å². The number of hydrogen-bond donors (Lipinski definition) is 5. The minimum atomic E-state index is -1.02. The summed E-state index contributed by atoms with van der Waals surface area (Å²) in [6.07, 6.45) is 0.409. The van der Waals surface area contributed by atoms with E-state index in [2.05, 4.69) is 10.6 Å². The summed E-state index contributed by atoms with van der Waals surface area (Å²) in [5, 5.41) is 23.7. The number of amides is 3. The smallest absolute Gasteiger partial charge is 0.312 e. The van der Waals surface area contributed by atoms with Crippen LogP contribution >= 0.6 is 0 Å². The van der Waals surface area contributed by atoms with Crippen molar-refractivity contribution in [3.63, 3.8) is 0 Å². The molecule has 0 unspecified atom stereocenters. The molecule has 0 aliphatic carbocycles. The lowest BCUT2D eigenvalue weighted by atomic mass is 9.97. The first-order chi connectivity index (χ1) is 9.96. The van der Waals surface area contributed by atoms with E-state index in [-0.39, 0.29) is 25.7 Å². The number of aliphatic hydroxyl groups excluding tert-OH is 2. The minimum absolute atomic E-state index is 0.281. The van der Waals surface area contributed by atoms with Gasteiger partial charge in [0.25, 0.3) is 5.91 Å². The fourth-order valence-electron chi connectivity index (χ4n) is 1.72. The zero-order valence-corrected chi connectivity index (χ0v) is 11.9. The topological polar surface area (TPSA) is 125 Å². The molecule has 1 aromatic rings. The van der Waals surface area contributed by atoms with E-state index >= 15 is 0 Å². The summed E-state index contributed by atoms with van der Waals surface area (Å²) in [5.41, 5.74) is 5.15. The molecule has 6 N–H and O–H groups in total. The minimum Gasteiger partial charge on any atom is -0.394 e. The van der Waals surface area contributed by atoms with Crippen molar-refractivity contribution in [1.29, 1.82) is 0 Å². The summed E-state index contributed by atoms with van der Waals surface area (Å²) < 4.78 is 0. The summed E-state index contributed by atoms with van der Waals surface area (Å²) >= 11 is 0. The van der Waals surface area contributed by atoms with Crippen LogP contribution in [0.3, 0.4) is 0 Å². The highest BCUT2D eigenvalue weighted by Gasteiger charge is 2.28. The molecule has 0 aromatic heterocycles. The van der Waals surface area contributed by atoms with Crippen LogP contribution in [0.5, 0.6) is 0 Å². The number of benzene rings is 1. The highest BCUT2D eigenvalue weighted by atomic mass is 16.3. The van der Waals surface area contributed by atoms with Crippen molar-refractivity contribution in [1.82, 2.24) is 10.6 Å². The van der Waals surface area contributed by atoms with Gasteiger partial charge in [-0.2, -0.15) is 0 Å². The molecule has 3 amide bonds. The van der Waals surface area contributed by atoms with Gasteiger partial charge in [0.1, 0.15) is 0 Å². The highest BCUT2D eigenvalue weighted by molar-refractivity contribution is 5.94. The van der Waals surface area contributed by atoms with Gasteiger partial charge in [-0.25, -0.2) is 4.79 Å². The number of rotatable bonds is 7. The van der Waals surface area contributed by atoms with Gasteiger partial charge in [-0.1, -0.05) is 19.1 Å². The lowest BCUT2D eigenvalue weighted by molar-refractivity contribution is 0.0653. The van der Waals surface area contributed by atoms with Crippen molar-refractivity contribution >= 4 is 11.9 Å². The van der Waals surface area contributed by atoms with Gasteiger partial charge in [-0.3, -0.25) is 4.79 Å². The summed E-state index contributed by atoms with van der Waals surface area (Å²) in [4.78, 5) is 22.7. The SMILES string of the molecule is CCC(CO)(CO)NC(=O)c1ccc(CNC(N)=O)cc1. The average molecular weight is 295 g/mol. The van der Waals surface area contributed by atoms with Gasteiger partial charge >= 0.3 is 6.03 Å². The lowest BCUT2D eigenvalue weighted by Gasteiger charge is -2.29. The summed E-state index contributed by atoms with van der Waals surface area (Å²) in [6, 6.07) is 5.97. The number of nitrogens with one attached hydrogen (secondary N) is 2. The van der Waals surface area contributed by atoms with Crippen LogP contribution in [0.15, 0.2) is 24.3 Å². The number of carbonyl (C=O) groups excluding carboxylic acids is 2. The second kappa shape index (κ2) is 7.61. The molecule has 0 atom stereocenters. The standard InChI is InChI=1S/C14H21N3O4/c1-2-14(8-18,9-19)17-12(20)11-5-3-10(4-6-11)7-16-13(15)21/h3-6,18-19H,2,7-9H2,1H3,(H,17,20)(H3,15,16,21). The number of hydrogen-bond acceptors (Lipinski definition) is 4. The van der Waals surface area contributed by atoms with Crippen LogP contribution < -0.4 is 16.4 Å². The molecule has 0 bridgehead atoms. The van der Waals surface area contributed by atoms with Crippen molar-refractivity contribution in [2.75, 3.05) is 13.2 Å². The van der Waals surface area contributed by atoms with E-state index < -0.39 is 11.6 Å². The van der Waals surface area contributed by atoms with E-state index in [9.17, 15) is 19.8 Å². The van der Waals surface area contributed by atoms with Crippen molar-refractivity contribution < 1.29 is 19.8 Å². The zero-order chi connectivity index (χ0) is 15.9. The maximum atomic E-state index is 12.1. The molecule has 7 nitrogen and oxygen atoms in total. The van der Waals surface area contributed by atoms with Crippen molar-refractivity contribution in [2.45, 2.75) is 25.4 Å². The predicted octanol–water partition coefficient (Wildman–Crippen LogP) is -0.282. The largest absolute Gasteiger partial charge is 0.394 e. The summed E-state index contributed by atoms with van der Waals surface area (Å²) in [7, 11) is 0.